The molecule has 3 aromatic rings. The summed E-state index contributed by atoms with van der Waals surface area (Å²) < 4.78 is 29.7. The summed E-state index contributed by atoms with van der Waals surface area (Å²) in [5, 5.41) is 31.4. The van der Waals surface area contributed by atoms with Gasteiger partial charge < -0.3 is 19.9 Å². The molecule has 1 aromatic heterocycles. The Morgan fingerprint density at radius 1 is 1.15 bits per heavy atom. The van der Waals surface area contributed by atoms with Gasteiger partial charge in [0.1, 0.15) is 5.75 Å². The summed E-state index contributed by atoms with van der Waals surface area (Å²) >= 11 is 0. The maximum absolute atomic E-state index is 14.2. The van der Waals surface area contributed by atoms with E-state index in [0.717, 1.165) is 17.7 Å². The van der Waals surface area contributed by atoms with Crippen LogP contribution in [0, 0.1) is 17.0 Å². The Kier molecular flexibility index (Phi) is 5.73. The van der Waals surface area contributed by atoms with E-state index in [1.54, 1.807) is 29.7 Å². The molecule has 0 amide bonds. The molecular weight excluding hydrogens is 428 g/mol. The van der Waals surface area contributed by atoms with Gasteiger partial charge in [-0.05, 0) is 68.4 Å². The summed E-state index contributed by atoms with van der Waals surface area (Å²) in [7, 11) is 0. The second kappa shape index (κ2) is 8.13. The highest BCUT2D eigenvalue weighted by Crippen LogP contribution is 2.50. The second-order valence-corrected chi connectivity index (χ2v) is 10.0. The van der Waals surface area contributed by atoms with Gasteiger partial charge in [-0.1, -0.05) is 19.9 Å². The maximum atomic E-state index is 14.2. The third kappa shape index (κ3) is 3.78. The normalized spacial score (nSPS) is 21.5. The van der Waals surface area contributed by atoms with Crippen LogP contribution in [0.5, 0.6) is 5.75 Å². The van der Waals surface area contributed by atoms with Crippen LogP contribution in [0.2, 0.25) is 0 Å². The molecule has 33 heavy (non-hydrogen) atoms. The number of aliphatic hydroxyl groups excluding tert-OH is 1. The minimum absolute atomic E-state index is 0.0550. The molecule has 1 heterocycles. The van der Waals surface area contributed by atoms with E-state index in [1.165, 1.54) is 6.07 Å². The Labute approximate surface area is 191 Å². The van der Waals surface area contributed by atoms with Gasteiger partial charge in [0.2, 0.25) is 0 Å². The lowest BCUT2D eigenvalue weighted by atomic mass is 9.68. The fraction of sp³-hybridized carbons (Fsp3) is 0.423. The van der Waals surface area contributed by atoms with Crippen LogP contribution in [0.3, 0.4) is 0 Å². The number of aromatic nitrogens is 1. The van der Waals surface area contributed by atoms with Crippen LogP contribution < -0.4 is 0 Å². The molecule has 1 aliphatic carbocycles. The minimum atomic E-state index is -0.987. The van der Waals surface area contributed by atoms with Crippen molar-refractivity contribution in [3.05, 3.63) is 59.3 Å². The first-order chi connectivity index (χ1) is 15.5. The molecule has 1 saturated carbocycles. The van der Waals surface area contributed by atoms with E-state index < -0.39 is 28.4 Å². The predicted molar refractivity (Wildman–Crippen MR) is 122 cm³/mol. The van der Waals surface area contributed by atoms with E-state index in [2.05, 4.69) is 0 Å². The zero-order valence-corrected chi connectivity index (χ0v) is 19.0. The first-order valence-electron chi connectivity index (χ1n) is 11.2. The van der Waals surface area contributed by atoms with Gasteiger partial charge in [-0.2, -0.15) is 0 Å². The molecule has 2 aromatic carbocycles. The number of fused-ring (bicyclic) bond motifs is 1. The van der Waals surface area contributed by atoms with E-state index in [4.69, 9.17) is 0 Å². The number of hydrogen-bond acceptors (Lipinski definition) is 3. The highest BCUT2D eigenvalue weighted by molar-refractivity contribution is 5.93. The van der Waals surface area contributed by atoms with E-state index in [0.29, 0.717) is 48.0 Å². The molecule has 1 aliphatic rings. The van der Waals surface area contributed by atoms with E-state index >= 15 is 0 Å². The number of phenols is 1. The van der Waals surface area contributed by atoms with E-state index in [9.17, 15) is 28.9 Å². The van der Waals surface area contributed by atoms with E-state index in [-0.39, 0.29) is 18.3 Å². The Hall–Kier alpha value is -2.93. The van der Waals surface area contributed by atoms with Crippen molar-refractivity contribution in [3.8, 4) is 11.4 Å². The van der Waals surface area contributed by atoms with Crippen LogP contribution >= 0.6 is 0 Å². The summed E-state index contributed by atoms with van der Waals surface area (Å²) in [6.45, 7) is 5.27. The molecule has 5 nitrogen and oxygen atoms in total. The standard InChI is InChI=1S/C26H29F2NO4/c1-25(2,14-30)23-21(15-9-11-26(3,12-10-15)24(32)33)22-19(5-4-6-20(22)31)29(23)16-7-8-17(27)18(28)13-16/h4-8,13,15,30-31H,9-12,14H2,1-3H3,(H,32,33)/t15-,26-. The topological polar surface area (TPSA) is 82.7 Å². The highest BCUT2D eigenvalue weighted by Gasteiger charge is 2.41. The van der Waals surface area contributed by atoms with Crippen LogP contribution in [-0.2, 0) is 10.2 Å². The number of hydrogen-bond donors (Lipinski definition) is 3. The number of rotatable bonds is 5. The molecule has 7 heteroatoms. The summed E-state index contributed by atoms with van der Waals surface area (Å²) in [6.07, 6.45) is 2.17. The first kappa shape index (κ1) is 23.2. The van der Waals surface area contributed by atoms with E-state index in [1.807, 2.05) is 13.8 Å². The Balaban J connectivity index is 2.01. The van der Waals surface area contributed by atoms with Gasteiger partial charge in [0.25, 0.3) is 0 Å². The lowest BCUT2D eigenvalue weighted by Crippen LogP contribution is -2.33. The molecule has 4 rings (SSSR count). The van der Waals surface area contributed by atoms with Crippen molar-refractivity contribution in [2.24, 2.45) is 5.41 Å². The van der Waals surface area contributed by atoms with Crippen molar-refractivity contribution in [1.82, 2.24) is 4.57 Å². The molecule has 3 N–H and O–H groups in total. The van der Waals surface area contributed by atoms with Crippen molar-refractivity contribution in [1.29, 1.82) is 0 Å². The monoisotopic (exact) mass is 457 g/mol. The third-order valence-electron chi connectivity index (χ3n) is 7.22. The highest BCUT2D eigenvalue weighted by atomic mass is 19.2. The van der Waals surface area contributed by atoms with Gasteiger partial charge in [-0.3, -0.25) is 4.79 Å². The smallest absolute Gasteiger partial charge is 0.309 e. The molecule has 0 saturated heterocycles. The molecule has 0 atom stereocenters. The maximum Gasteiger partial charge on any atom is 0.309 e. The average molecular weight is 458 g/mol. The fourth-order valence-electron chi connectivity index (χ4n) is 5.14. The zero-order chi connectivity index (χ0) is 24.1. The molecular formula is C26H29F2NO4. The van der Waals surface area contributed by atoms with Crippen LogP contribution in [0.25, 0.3) is 16.6 Å². The van der Waals surface area contributed by atoms with Gasteiger partial charge in [-0.15, -0.1) is 0 Å². The van der Waals surface area contributed by atoms with Gasteiger partial charge in [-0.25, -0.2) is 8.78 Å². The van der Waals surface area contributed by atoms with Gasteiger partial charge in [0.05, 0.1) is 17.5 Å². The Morgan fingerprint density at radius 2 is 1.82 bits per heavy atom. The summed E-state index contributed by atoms with van der Waals surface area (Å²) in [6, 6.07) is 8.73. The number of halogens is 2. The van der Waals surface area contributed by atoms with Crippen LogP contribution in [0.1, 0.15) is 63.6 Å². The number of nitrogens with zero attached hydrogens (tertiary/aromatic N) is 1. The number of phenolic OH excluding ortho intramolecular Hbond substituents is 1. The second-order valence-electron chi connectivity index (χ2n) is 10.0. The first-order valence-corrected chi connectivity index (χ1v) is 11.2. The molecule has 0 unspecified atom stereocenters. The predicted octanol–water partition coefficient (Wildman–Crippen LogP) is 5.63. The number of aliphatic carboxylic acids is 1. The molecule has 0 bridgehead atoms. The van der Waals surface area contributed by atoms with Crippen molar-refractivity contribution < 1.29 is 28.9 Å². The number of aromatic hydroxyl groups is 1. The average Bonchev–Trinajstić information content (AvgIpc) is 3.13. The fourth-order valence-corrected chi connectivity index (χ4v) is 5.14. The number of carboxylic acids is 1. The number of carboxylic acid groups (broad SMARTS) is 1. The number of aliphatic hydroxyl groups is 1. The van der Waals surface area contributed by atoms with Crippen LogP contribution in [0.4, 0.5) is 8.78 Å². The van der Waals surface area contributed by atoms with Gasteiger partial charge >= 0.3 is 5.97 Å². The van der Waals surface area contributed by atoms with Gasteiger partial charge in [0, 0.05) is 28.2 Å². The van der Waals surface area contributed by atoms with Crippen molar-refractivity contribution in [3.63, 3.8) is 0 Å². The van der Waals surface area contributed by atoms with Crippen molar-refractivity contribution >= 4 is 16.9 Å². The van der Waals surface area contributed by atoms with Crippen LogP contribution in [-0.4, -0.2) is 32.5 Å². The third-order valence-corrected chi connectivity index (χ3v) is 7.22. The number of carbonyl (C=O) groups is 1. The number of benzene rings is 2. The SMILES string of the molecule is CC(C)(CO)c1c([C@H]2CC[C@](C)(C(=O)O)CC2)c2c(O)cccc2n1-c1ccc(F)c(F)c1. The summed E-state index contributed by atoms with van der Waals surface area (Å²) in [4.78, 5) is 11.8. The lowest BCUT2D eigenvalue weighted by molar-refractivity contribution is -0.149. The van der Waals surface area contributed by atoms with Crippen molar-refractivity contribution in [2.45, 2.75) is 57.8 Å². The molecule has 0 spiro atoms. The Morgan fingerprint density at radius 3 is 2.39 bits per heavy atom. The summed E-state index contributed by atoms with van der Waals surface area (Å²) in [5.41, 5.74) is 0.969. The summed E-state index contributed by atoms with van der Waals surface area (Å²) in [5.74, 6) is -2.75. The quantitative estimate of drug-likeness (QED) is 0.464. The molecule has 176 valence electrons. The zero-order valence-electron chi connectivity index (χ0n) is 19.0. The largest absolute Gasteiger partial charge is 0.507 e. The van der Waals surface area contributed by atoms with Gasteiger partial charge in [0.15, 0.2) is 11.6 Å². The Bertz CT molecular complexity index is 1220. The van der Waals surface area contributed by atoms with Crippen LogP contribution in [0.15, 0.2) is 36.4 Å². The minimum Gasteiger partial charge on any atom is -0.507 e. The lowest BCUT2D eigenvalue weighted by Gasteiger charge is -2.36. The molecule has 0 radical (unpaired) electrons. The van der Waals surface area contributed by atoms with Crippen molar-refractivity contribution in [2.75, 3.05) is 6.61 Å². The molecule has 0 aliphatic heterocycles. The molecule has 1 fully saturated rings.